The summed E-state index contributed by atoms with van der Waals surface area (Å²) in [5, 5.41) is 2.83. The largest absolute Gasteiger partial charge is 0.454 e. The maximum Gasteiger partial charge on any atom is 0.242 e. The highest BCUT2D eigenvalue weighted by molar-refractivity contribution is 7.92. The number of anilines is 1. The number of carbonyl (C=O) groups is 2. The summed E-state index contributed by atoms with van der Waals surface area (Å²) in [5.41, 5.74) is 2.44. The van der Waals surface area contributed by atoms with Gasteiger partial charge in [-0.2, -0.15) is 0 Å². The van der Waals surface area contributed by atoms with E-state index in [0.29, 0.717) is 36.7 Å². The normalized spacial score (nSPS) is 13.2. The summed E-state index contributed by atoms with van der Waals surface area (Å²) in [6.07, 6.45) is 1.98. The molecule has 0 aromatic heterocycles. The molecule has 1 atom stereocenters. The number of nitrogens with zero attached hydrogens (tertiary/aromatic N) is 2. The van der Waals surface area contributed by atoms with Crippen molar-refractivity contribution in [1.29, 1.82) is 0 Å². The molecule has 3 rings (SSSR count). The third-order valence-electron chi connectivity index (χ3n) is 6.14. The van der Waals surface area contributed by atoms with Crippen LogP contribution < -0.4 is 19.1 Å². The molecule has 0 unspecified atom stereocenters. The van der Waals surface area contributed by atoms with E-state index in [1.165, 1.54) is 4.31 Å². The van der Waals surface area contributed by atoms with E-state index < -0.39 is 16.1 Å². The first kappa shape index (κ1) is 27.3. The zero-order valence-electron chi connectivity index (χ0n) is 21.3. The molecule has 1 N–H and O–H groups in total. The molecule has 0 aliphatic carbocycles. The van der Waals surface area contributed by atoms with Crippen LogP contribution in [-0.4, -0.2) is 57.3 Å². The van der Waals surface area contributed by atoms with Gasteiger partial charge in [0, 0.05) is 32.1 Å². The van der Waals surface area contributed by atoms with Gasteiger partial charge in [0.1, 0.15) is 6.04 Å². The molecular weight excluding hydrogens is 482 g/mol. The molecule has 1 aliphatic heterocycles. The average Bonchev–Trinajstić information content (AvgIpc) is 3.30. The SMILES string of the molecule is CCNC(=O)[C@@H](CC)N(Cc1ccccc1C)C(=O)CCCN(c1ccc2c(c1)OCO2)S(C)(=O)=O. The van der Waals surface area contributed by atoms with Gasteiger partial charge in [0.2, 0.25) is 28.6 Å². The predicted molar refractivity (Wildman–Crippen MR) is 138 cm³/mol. The number of nitrogens with one attached hydrogen (secondary N) is 1. The molecule has 0 saturated carbocycles. The molecule has 1 aliphatic rings. The van der Waals surface area contributed by atoms with E-state index in [9.17, 15) is 18.0 Å². The lowest BCUT2D eigenvalue weighted by molar-refractivity contribution is -0.141. The van der Waals surface area contributed by atoms with E-state index in [0.717, 1.165) is 17.4 Å². The number of fused-ring (bicyclic) bond motifs is 1. The Kier molecular flexibility index (Phi) is 9.19. The fourth-order valence-corrected chi connectivity index (χ4v) is 5.18. The number of amides is 2. The first-order chi connectivity index (χ1) is 17.2. The summed E-state index contributed by atoms with van der Waals surface area (Å²) in [4.78, 5) is 27.8. The molecule has 0 fully saturated rings. The number of ether oxygens (including phenoxy) is 2. The van der Waals surface area contributed by atoms with Crippen molar-refractivity contribution in [2.45, 2.75) is 52.6 Å². The highest BCUT2D eigenvalue weighted by Gasteiger charge is 2.29. The smallest absolute Gasteiger partial charge is 0.242 e. The summed E-state index contributed by atoms with van der Waals surface area (Å²) in [7, 11) is -3.60. The van der Waals surface area contributed by atoms with Crippen molar-refractivity contribution in [1.82, 2.24) is 10.2 Å². The van der Waals surface area contributed by atoms with Gasteiger partial charge in [0.25, 0.3) is 0 Å². The molecule has 0 radical (unpaired) electrons. The molecule has 10 heteroatoms. The van der Waals surface area contributed by atoms with E-state index >= 15 is 0 Å². The van der Waals surface area contributed by atoms with Gasteiger partial charge in [0.05, 0.1) is 11.9 Å². The Labute approximate surface area is 213 Å². The molecule has 0 bridgehead atoms. The number of rotatable bonds is 12. The van der Waals surface area contributed by atoms with Crippen molar-refractivity contribution in [3.05, 3.63) is 53.6 Å². The van der Waals surface area contributed by atoms with Gasteiger partial charge in [-0.15, -0.1) is 0 Å². The molecule has 2 aromatic carbocycles. The summed E-state index contributed by atoms with van der Waals surface area (Å²) < 4.78 is 37.0. The predicted octanol–water partition coefficient (Wildman–Crippen LogP) is 3.21. The van der Waals surface area contributed by atoms with Crippen LogP contribution >= 0.6 is 0 Å². The zero-order valence-corrected chi connectivity index (χ0v) is 22.1. The highest BCUT2D eigenvalue weighted by atomic mass is 32.2. The quantitative estimate of drug-likeness (QED) is 0.464. The van der Waals surface area contributed by atoms with Gasteiger partial charge in [-0.1, -0.05) is 31.2 Å². The van der Waals surface area contributed by atoms with Crippen molar-refractivity contribution in [2.24, 2.45) is 0 Å². The van der Waals surface area contributed by atoms with Crippen molar-refractivity contribution >= 4 is 27.5 Å². The second-order valence-corrected chi connectivity index (χ2v) is 10.6. The van der Waals surface area contributed by atoms with Crippen LogP contribution in [0, 0.1) is 6.92 Å². The molecule has 0 saturated heterocycles. The Morgan fingerprint density at radius 2 is 1.81 bits per heavy atom. The fourth-order valence-electron chi connectivity index (χ4n) is 4.23. The van der Waals surface area contributed by atoms with Crippen LogP contribution in [0.25, 0.3) is 0 Å². The van der Waals surface area contributed by atoms with Crippen molar-refractivity contribution in [3.63, 3.8) is 0 Å². The van der Waals surface area contributed by atoms with Crippen LogP contribution in [0.2, 0.25) is 0 Å². The Morgan fingerprint density at radius 1 is 1.08 bits per heavy atom. The molecule has 196 valence electrons. The molecular formula is C26H35N3O6S. The molecule has 36 heavy (non-hydrogen) atoms. The number of likely N-dealkylation sites (N-methyl/N-ethyl adjacent to an activating group) is 1. The monoisotopic (exact) mass is 517 g/mol. The molecule has 1 heterocycles. The summed E-state index contributed by atoms with van der Waals surface area (Å²) >= 11 is 0. The number of hydrogen-bond donors (Lipinski definition) is 1. The van der Waals surface area contributed by atoms with Gasteiger partial charge in [-0.3, -0.25) is 13.9 Å². The van der Waals surface area contributed by atoms with Crippen LogP contribution in [0.1, 0.15) is 44.2 Å². The first-order valence-corrected chi connectivity index (χ1v) is 14.0. The Balaban J connectivity index is 1.76. The third kappa shape index (κ3) is 6.69. The minimum Gasteiger partial charge on any atom is -0.454 e. The Bertz CT molecular complexity index is 1180. The lowest BCUT2D eigenvalue weighted by atomic mass is 10.1. The van der Waals surface area contributed by atoms with E-state index in [1.807, 2.05) is 45.0 Å². The fraction of sp³-hybridized carbons (Fsp3) is 0.462. The summed E-state index contributed by atoms with van der Waals surface area (Å²) in [5.74, 6) is 0.648. The second kappa shape index (κ2) is 12.1. The van der Waals surface area contributed by atoms with Gasteiger partial charge in [0.15, 0.2) is 11.5 Å². The van der Waals surface area contributed by atoms with Crippen molar-refractivity contribution in [3.8, 4) is 11.5 Å². The average molecular weight is 518 g/mol. The lowest BCUT2D eigenvalue weighted by Crippen LogP contribution is -2.49. The van der Waals surface area contributed by atoms with Gasteiger partial charge in [-0.25, -0.2) is 8.42 Å². The van der Waals surface area contributed by atoms with Crippen molar-refractivity contribution < 1.29 is 27.5 Å². The van der Waals surface area contributed by atoms with Gasteiger partial charge < -0.3 is 19.7 Å². The Morgan fingerprint density at radius 3 is 2.47 bits per heavy atom. The van der Waals surface area contributed by atoms with E-state index in [2.05, 4.69) is 5.32 Å². The highest BCUT2D eigenvalue weighted by Crippen LogP contribution is 2.36. The number of aryl methyl sites for hydroxylation is 1. The van der Waals surface area contributed by atoms with E-state index in [-0.39, 0.29) is 38.0 Å². The maximum absolute atomic E-state index is 13.4. The van der Waals surface area contributed by atoms with E-state index in [1.54, 1.807) is 23.1 Å². The third-order valence-corrected chi connectivity index (χ3v) is 7.33. The zero-order chi connectivity index (χ0) is 26.3. The van der Waals surface area contributed by atoms with E-state index in [4.69, 9.17) is 9.47 Å². The van der Waals surface area contributed by atoms with Crippen LogP contribution in [0.15, 0.2) is 42.5 Å². The molecule has 0 spiro atoms. The maximum atomic E-state index is 13.4. The van der Waals surface area contributed by atoms with Crippen molar-refractivity contribution in [2.75, 3.05) is 30.4 Å². The van der Waals surface area contributed by atoms with Gasteiger partial charge >= 0.3 is 0 Å². The number of carbonyl (C=O) groups excluding carboxylic acids is 2. The first-order valence-electron chi connectivity index (χ1n) is 12.1. The van der Waals surface area contributed by atoms with Gasteiger partial charge in [-0.05, 0) is 49.9 Å². The topological polar surface area (TPSA) is 105 Å². The molecule has 2 amide bonds. The molecule has 2 aromatic rings. The number of benzene rings is 2. The Hall–Kier alpha value is -3.27. The van der Waals surface area contributed by atoms with Crippen LogP contribution in [0.5, 0.6) is 11.5 Å². The minimum atomic E-state index is -3.60. The summed E-state index contributed by atoms with van der Waals surface area (Å²) in [6.45, 7) is 6.67. The molecule has 9 nitrogen and oxygen atoms in total. The number of sulfonamides is 1. The standard InChI is InChI=1S/C26H35N3O6S/c1-5-22(26(31)27-6-2)28(17-20-11-8-7-10-19(20)3)25(30)12-9-15-29(36(4,32)33)21-13-14-23-24(16-21)35-18-34-23/h7-8,10-11,13-14,16,22H,5-6,9,12,15,17-18H2,1-4H3,(H,27,31)/t22-/m1/s1. The number of hydrogen-bond acceptors (Lipinski definition) is 6. The second-order valence-electron chi connectivity index (χ2n) is 8.74. The van der Waals surface area contributed by atoms with Crippen LogP contribution in [0.4, 0.5) is 5.69 Å². The van der Waals surface area contributed by atoms with Crippen LogP contribution in [-0.2, 0) is 26.2 Å². The summed E-state index contributed by atoms with van der Waals surface area (Å²) in [6, 6.07) is 12.1. The van der Waals surface area contributed by atoms with Crippen LogP contribution in [0.3, 0.4) is 0 Å². The lowest BCUT2D eigenvalue weighted by Gasteiger charge is -2.31. The minimum absolute atomic E-state index is 0.0904.